The number of nitrogens with one attached hydrogen (secondary N) is 6. The fourth-order valence-electron chi connectivity index (χ4n) is 13.5. The predicted octanol–water partition coefficient (Wildman–Crippen LogP) is 13.6. The van der Waals surface area contributed by atoms with Crippen LogP contribution in [0.1, 0.15) is 192 Å². The number of nitrogens with zero attached hydrogens (tertiary/aromatic N) is 3. The molecule has 3 fully saturated rings. The molecule has 4 aliphatic heterocycles. The van der Waals surface area contributed by atoms with Gasteiger partial charge in [0.2, 0.25) is 17.7 Å². The molecule has 0 radical (unpaired) electrons. The van der Waals surface area contributed by atoms with Crippen molar-refractivity contribution >= 4 is 106 Å². The second-order valence-corrected chi connectivity index (χ2v) is 45.7. The van der Waals surface area contributed by atoms with Crippen molar-refractivity contribution in [3.63, 3.8) is 0 Å². The van der Waals surface area contributed by atoms with Crippen molar-refractivity contribution in [2.24, 2.45) is 11.7 Å². The van der Waals surface area contributed by atoms with Gasteiger partial charge < -0.3 is 83.4 Å². The van der Waals surface area contributed by atoms with Crippen molar-refractivity contribution in [3.05, 3.63) is 132 Å². The lowest BCUT2D eigenvalue weighted by Gasteiger charge is -2.38. The predicted molar refractivity (Wildman–Crippen MR) is 474 cm³/mol. The van der Waals surface area contributed by atoms with Gasteiger partial charge in [0.1, 0.15) is 25.3 Å². The maximum absolute atomic E-state index is 15.1. The second kappa shape index (κ2) is 42.8. The highest BCUT2D eigenvalue weighted by molar-refractivity contribution is 6.74. The Balaban J connectivity index is 0.931. The Bertz CT molecular complexity index is 4410. The first-order valence-corrected chi connectivity index (χ1v) is 47.9. The highest BCUT2D eigenvalue weighted by Crippen LogP contribution is 2.43. The third-order valence-electron chi connectivity index (χ3n) is 23.7. The van der Waals surface area contributed by atoms with E-state index in [0.29, 0.717) is 87.6 Å². The molecule has 0 spiro atoms. The van der Waals surface area contributed by atoms with E-state index in [4.69, 9.17) is 52.3 Å². The molecule has 8 rings (SSSR count). The van der Waals surface area contributed by atoms with E-state index in [2.05, 4.69) is 113 Å². The molecule has 4 atom stereocenters. The van der Waals surface area contributed by atoms with Crippen molar-refractivity contribution in [3.8, 4) is 23.0 Å². The number of carbonyl (C=O) groups excluding carboxylic acids is 10. The average molecular weight is 1730 g/mol. The number of unbranched alkanes of at least 4 members (excludes halogenated alkanes) is 5. The number of benzene rings is 4. The number of hydrogen-bond donors (Lipinski definition) is 7. The van der Waals surface area contributed by atoms with Crippen LogP contribution in [0, 0.1) is 5.92 Å². The number of anilines is 3. The summed E-state index contributed by atoms with van der Waals surface area (Å²) in [7, 11) is -2.14. The van der Waals surface area contributed by atoms with Gasteiger partial charge in [0.05, 0.1) is 86.4 Å². The largest absolute Gasteiger partial charge is 0.494 e. The van der Waals surface area contributed by atoms with Crippen molar-refractivity contribution < 1.29 is 94.5 Å². The van der Waals surface area contributed by atoms with Crippen molar-refractivity contribution in [1.29, 1.82) is 0 Å². The van der Waals surface area contributed by atoms with Gasteiger partial charge in [0.25, 0.3) is 23.6 Å². The third kappa shape index (κ3) is 27.0. The number of amides is 11. The smallest absolute Gasteiger partial charge is 0.493 e. The molecule has 0 aromatic heterocycles. The lowest BCUT2D eigenvalue weighted by atomic mass is 9.79. The molecule has 0 aliphatic carbocycles. The van der Waals surface area contributed by atoms with Gasteiger partial charge in [0, 0.05) is 62.6 Å². The Kier molecular flexibility index (Phi) is 34.2. The zero-order chi connectivity index (χ0) is 89.8. The molecule has 11 amide bonds. The number of rotatable bonds is 42. The third-order valence-corrected chi connectivity index (χ3v) is 32.7. The quantitative estimate of drug-likeness (QED) is 0.00937. The summed E-state index contributed by atoms with van der Waals surface area (Å²) >= 11 is 0. The first-order valence-electron chi connectivity index (χ1n) is 42.1. The SMILES string of the molecule is C=C1C[C@@H](CO[Si](C)(C)C(C)(C)C)N(C(=O)c2cc(OC)c(OCCCCCOc3cc(NC(=O)OCc4ccc(B5OC(C)(C)C(C)(C)O5)cc4)c(C(=O)N4CC(=C)C[C@H]4CO[Si](C)(C)C(C)(C)C)cc3OC)cc2NC(=O)OCc2ccc(NC(=O)[C@H](CCCCNC(N)=O)NC(=O)[C@@H](NC(=O)CCCCCN3C(=O)C=CC3=O)C(C)C)cc2)C1. The summed E-state index contributed by atoms with van der Waals surface area (Å²) in [6.45, 7) is 43.1. The van der Waals surface area contributed by atoms with Gasteiger partial charge in [-0.1, -0.05) is 123 Å². The van der Waals surface area contributed by atoms with E-state index >= 15 is 4.79 Å². The molecule has 3 saturated heterocycles. The number of primary amides is 1. The molecule has 0 saturated carbocycles. The molecule has 4 heterocycles. The van der Waals surface area contributed by atoms with E-state index in [1.807, 2.05) is 52.0 Å². The number of carbonyl (C=O) groups is 10. The molecule has 4 aliphatic rings. The Morgan fingerprint density at radius 1 is 0.590 bits per heavy atom. The van der Waals surface area contributed by atoms with Gasteiger partial charge >= 0.3 is 25.3 Å². The highest BCUT2D eigenvalue weighted by atomic mass is 28.4. The molecule has 30 nitrogen and oxygen atoms in total. The summed E-state index contributed by atoms with van der Waals surface area (Å²) in [5.74, 6) is -2.48. The highest BCUT2D eigenvalue weighted by Gasteiger charge is 2.52. The Morgan fingerprint density at radius 3 is 1.49 bits per heavy atom. The number of imide groups is 1. The maximum Gasteiger partial charge on any atom is 0.494 e. The first kappa shape index (κ1) is 97.4. The number of urea groups is 1. The summed E-state index contributed by atoms with van der Waals surface area (Å²) in [4.78, 5) is 139. The van der Waals surface area contributed by atoms with Gasteiger partial charge in [-0.3, -0.25) is 49.1 Å². The van der Waals surface area contributed by atoms with E-state index in [-0.39, 0.29) is 169 Å². The number of likely N-dealkylation sites (tertiary alicyclic amines) is 2. The maximum atomic E-state index is 15.1. The van der Waals surface area contributed by atoms with E-state index in [0.717, 1.165) is 21.5 Å². The minimum atomic E-state index is -2.27. The summed E-state index contributed by atoms with van der Waals surface area (Å²) < 4.78 is 62.0. The van der Waals surface area contributed by atoms with Crippen LogP contribution in [0.25, 0.3) is 0 Å². The van der Waals surface area contributed by atoms with Gasteiger partial charge in [-0.2, -0.15) is 0 Å². The second-order valence-electron chi connectivity index (χ2n) is 36.1. The van der Waals surface area contributed by atoms with E-state index in [1.54, 1.807) is 60.0 Å². The van der Waals surface area contributed by atoms with Crippen molar-refractivity contribution in [2.75, 3.05) is 82.8 Å². The number of hydrogen-bond acceptors (Lipinski definition) is 20. The topological polar surface area (TPSA) is 371 Å². The standard InChI is InChI=1S/C89H129BN10O20Si2/c1-57(2)78(97-75(101)30-23-21-26-42-98-76(102)39-40-77(98)103)80(105)94-68(29-24-25-41-92-83(91)108)79(104)93-63-37-33-61(34-38-63)54-116-85(110)96-70-50-74(72(112-16)48-67(70)82(107)100-52-59(4)46-65(100)56-118-122(19,20)87(8,9)10)114-44-28-22-27-43-113-73-49-69(95-84(109)115-53-60-31-35-62(36-32-60)90-119-88(11,12)89(13,14)120-90)66(47-71(73)111-15)81(106)99-51-58(3)45-64(99)55-117-121(17,18)86(5,6)7/h31-40,47-50,57,64-65,68,78H,3-4,21-30,41-46,51-56H2,1-2,5-20H3,(H,93,104)(H,94,105)(H,95,109)(H,96,110)(H,97,101)(H3,91,92,108)/t64-,65-,68-,78-/m0/s1. The average Bonchev–Trinajstić information content (AvgIpc) is 1.68. The molecule has 0 bridgehead atoms. The number of methoxy groups -OCH3 is 2. The van der Waals surface area contributed by atoms with Crippen LogP contribution >= 0.6 is 0 Å². The Labute approximate surface area is 721 Å². The molecule has 4 aromatic rings. The molecular formula is C89H129BN10O20Si2. The lowest BCUT2D eigenvalue weighted by Crippen LogP contribution is -2.54. The van der Waals surface area contributed by atoms with Crippen LogP contribution < -0.4 is 62.0 Å². The van der Waals surface area contributed by atoms with Crippen LogP contribution in [0.15, 0.2) is 109 Å². The monoisotopic (exact) mass is 1720 g/mol. The van der Waals surface area contributed by atoms with E-state index < -0.39 is 83.0 Å². The molecule has 122 heavy (non-hydrogen) atoms. The number of ether oxygens (including phenoxy) is 6. The van der Waals surface area contributed by atoms with Gasteiger partial charge in [-0.05, 0) is 175 Å². The summed E-state index contributed by atoms with van der Waals surface area (Å²) in [6, 6.07) is 16.6. The van der Waals surface area contributed by atoms with Crippen LogP contribution in [0.4, 0.5) is 31.4 Å². The van der Waals surface area contributed by atoms with Gasteiger partial charge in [-0.15, -0.1) is 0 Å². The zero-order valence-electron chi connectivity index (χ0n) is 74.6. The zero-order valence-corrected chi connectivity index (χ0v) is 76.6. The molecule has 4 aromatic carbocycles. The number of nitrogens with two attached hydrogens (primary N) is 1. The summed E-state index contributed by atoms with van der Waals surface area (Å²) in [6.07, 6.45) is 5.96. The minimum Gasteiger partial charge on any atom is -0.493 e. The summed E-state index contributed by atoms with van der Waals surface area (Å²) in [5.41, 5.74) is 8.77. The van der Waals surface area contributed by atoms with Gasteiger partial charge in [-0.25, -0.2) is 14.4 Å². The van der Waals surface area contributed by atoms with Crippen LogP contribution in [0.3, 0.4) is 0 Å². The van der Waals surface area contributed by atoms with E-state index in [1.165, 1.54) is 38.5 Å². The fourth-order valence-corrected chi connectivity index (χ4v) is 15.6. The van der Waals surface area contributed by atoms with Crippen LogP contribution in [0.5, 0.6) is 23.0 Å². The van der Waals surface area contributed by atoms with Crippen molar-refractivity contribution in [2.45, 2.75) is 245 Å². The molecule has 0 unspecified atom stereocenters. The van der Waals surface area contributed by atoms with Crippen molar-refractivity contribution in [1.82, 2.24) is 30.7 Å². The normalized spacial score (nSPS) is 17.0. The summed E-state index contributed by atoms with van der Waals surface area (Å²) in [5, 5.41) is 16.5. The Morgan fingerprint density at radius 2 is 1.05 bits per heavy atom. The Hall–Kier alpha value is -10.1. The van der Waals surface area contributed by atoms with Gasteiger partial charge in [0.15, 0.2) is 39.6 Å². The first-order chi connectivity index (χ1) is 57.3. The molecule has 33 heteroatoms. The molecular weight excluding hydrogens is 1600 g/mol. The minimum absolute atomic E-state index is 0.0689. The lowest BCUT2D eigenvalue weighted by molar-refractivity contribution is -0.137. The molecule has 666 valence electrons. The van der Waals surface area contributed by atoms with Crippen LogP contribution in [0.2, 0.25) is 36.3 Å². The fraction of sp³-hybridized carbons (Fsp3) is 0.551. The molecule has 8 N–H and O–H groups in total. The van der Waals surface area contributed by atoms with Crippen LogP contribution in [-0.2, 0) is 64.8 Å². The van der Waals surface area contributed by atoms with E-state index in [9.17, 15) is 43.2 Å². The van der Waals surface area contributed by atoms with Crippen LogP contribution in [-0.4, -0.2) is 200 Å².